The number of benzene rings is 2. The molecule has 0 saturated heterocycles. The van der Waals surface area contributed by atoms with E-state index in [1.807, 2.05) is 13.0 Å². The number of hydrogen-bond donors (Lipinski definition) is 0. The summed E-state index contributed by atoms with van der Waals surface area (Å²) in [6.07, 6.45) is 1.47. The number of hydrogen-bond acceptors (Lipinski definition) is 5. The van der Waals surface area contributed by atoms with Crippen molar-refractivity contribution < 1.29 is 19.1 Å². The van der Waals surface area contributed by atoms with Crippen LogP contribution in [0.3, 0.4) is 0 Å². The molecule has 0 unspecified atom stereocenters. The first-order valence-corrected chi connectivity index (χ1v) is 8.27. The summed E-state index contributed by atoms with van der Waals surface area (Å²) in [6, 6.07) is 16.5. The van der Waals surface area contributed by atoms with Crippen molar-refractivity contribution in [2.75, 3.05) is 4.90 Å². The first-order chi connectivity index (χ1) is 13.0. The number of anilines is 1. The number of pyridine rings is 1. The van der Waals surface area contributed by atoms with Gasteiger partial charge in [-0.1, -0.05) is 12.1 Å². The van der Waals surface area contributed by atoms with Crippen LogP contribution < -0.4 is 9.64 Å². The Morgan fingerprint density at radius 1 is 0.963 bits per heavy atom. The van der Waals surface area contributed by atoms with Crippen molar-refractivity contribution in [2.24, 2.45) is 0 Å². The van der Waals surface area contributed by atoms with Crippen molar-refractivity contribution in [1.29, 1.82) is 0 Å². The number of fused-ring (bicyclic) bond motifs is 1. The van der Waals surface area contributed by atoms with Gasteiger partial charge < -0.3 is 4.74 Å². The van der Waals surface area contributed by atoms with Gasteiger partial charge in [0.05, 0.1) is 16.8 Å². The van der Waals surface area contributed by atoms with Gasteiger partial charge in [-0.05, 0) is 61.0 Å². The largest absolute Gasteiger partial charge is 0.423 e. The van der Waals surface area contributed by atoms with E-state index in [1.54, 1.807) is 30.3 Å². The molecule has 0 aliphatic carbocycles. The molecule has 0 radical (unpaired) electrons. The number of aryl methyl sites for hydroxylation is 1. The van der Waals surface area contributed by atoms with Crippen LogP contribution in [0.1, 0.15) is 36.8 Å². The maximum absolute atomic E-state index is 12.5. The quantitative estimate of drug-likeness (QED) is 0.407. The normalized spacial score (nSPS) is 12.9. The summed E-state index contributed by atoms with van der Waals surface area (Å²) >= 11 is 0. The van der Waals surface area contributed by atoms with E-state index < -0.39 is 17.8 Å². The number of aromatic nitrogens is 1. The molecule has 6 nitrogen and oxygen atoms in total. The third kappa shape index (κ3) is 2.97. The Kier molecular flexibility index (Phi) is 4.01. The minimum atomic E-state index is -0.517. The second kappa shape index (κ2) is 6.49. The molecule has 1 aromatic heterocycles. The van der Waals surface area contributed by atoms with Gasteiger partial charge in [-0.25, -0.2) is 9.69 Å². The number of rotatable bonds is 3. The molecule has 0 atom stereocenters. The van der Waals surface area contributed by atoms with Crippen molar-refractivity contribution in [3.05, 3.63) is 89.2 Å². The highest BCUT2D eigenvalue weighted by Gasteiger charge is 2.37. The Morgan fingerprint density at radius 2 is 1.74 bits per heavy atom. The van der Waals surface area contributed by atoms with Crippen molar-refractivity contribution in [2.45, 2.75) is 6.92 Å². The molecule has 4 rings (SSSR count). The molecule has 2 aromatic carbocycles. The van der Waals surface area contributed by atoms with Crippen molar-refractivity contribution in [3.8, 4) is 5.75 Å². The summed E-state index contributed by atoms with van der Waals surface area (Å²) in [5, 5.41) is 0. The van der Waals surface area contributed by atoms with Gasteiger partial charge in [0.2, 0.25) is 0 Å². The maximum atomic E-state index is 12.5. The minimum Gasteiger partial charge on any atom is -0.423 e. The van der Waals surface area contributed by atoms with Crippen LogP contribution in [-0.4, -0.2) is 22.8 Å². The number of imide groups is 1. The zero-order valence-electron chi connectivity index (χ0n) is 14.4. The second-order valence-electron chi connectivity index (χ2n) is 6.10. The minimum absolute atomic E-state index is 0.130. The zero-order valence-corrected chi connectivity index (χ0v) is 14.4. The molecule has 0 spiro atoms. The van der Waals surface area contributed by atoms with E-state index in [-0.39, 0.29) is 11.3 Å². The molecule has 1 aliphatic heterocycles. The van der Waals surface area contributed by atoms with Crippen LogP contribution in [0.15, 0.2) is 66.9 Å². The average molecular weight is 358 g/mol. The number of esters is 1. The van der Waals surface area contributed by atoms with E-state index >= 15 is 0 Å². The van der Waals surface area contributed by atoms with Gasteiger partial charge >= 0.3 is 5.97 Å². The molecule has 0 N–H and O–H groups in total. The van der Waals surface area contributed by atoms with E-state index in [1.165, 1.54) is 30.5 Å². The van der Waals surface area contributed by atoms with E-state index in [0.29, 0.717) is 17.0 Å². The van der Waals surface area contributed by atoms with Crippen LogP contribution >= 0.6 is 0 Å². The van der Waals surface area contributed by atoms with Gasteiger partial charge in [0.15, 0.2) is 0 Å². The molecule has 6 heteroatoms. The number of amides is 2. The molecule has 27 heavy (non-hydrogen) atoms. The predicted molar refractivity (Wildman–Crippen MR) is 98.0 cm³/mol. The Balaban J connectivity index is 1.55. The van der Waals surface area contributed by atoms with E-state index in [4.69, 9.17) is 4.74 Å². The van der Waals surface area contributed by atoms with Crippen molar-refractivity contribution in [3.63, 3.8) is 0 Å². The predicted octanol–water partition coefficient (Wildman–Crippen LogP) is 3.41. The molecule has 0 bridgehead atoms. The summed E-state index contributed by atoms with van der Waals surface area (Å²) in [5.74, 6) is -0.976. The van der Waals surface area contributed by atoms with E-state index in [0.717, 1.165) is 10.5 Å². The second-order valence-corrected chi connectivity index (χ2v) is 6.10. The molecular weight excluding hydrogens is 344 g/mol. The van der Waals surface area contributed by atoms with E-state index in [9.17, 15) is 14.4 Å². The van der Waals surface area contributed by atoms with Gasteiger partial charge in [-0.15, -0.1) is 0 Å². The zero-order chi connectivity index (χ0) is 19.0. The van der Waals surface area contributed by atoms with E-state index in [2.05, 4.69) is 4.98 Å². The first kappa shape index (κ1) is 16.7. The maximum Gasteiger partial charge on any atom is 0.343 e. The fourth-order valence-electron chi connectivity index (χ4n) is 2.89. The summed E-state index contributed by atoms with van der Waals surface area (Å²) in [5.41, 5.74) is 2.07. The molecule has 0 saturated carbocycles. The molecular formula is C21H14N2O4. The highest BCUT2D eigenvalue weighted by atomic mass is 16.5. The third-order valence-electron chi connectivity index (χ3n) is 4.21. The van der Waals surface area contributed by atoms with Crippen LogP contribution in [0, 0.1) is 6.92 Å². The lowest BCUT2D eigenvalue weighted by Gasteiger charge is -2.14. The molecule has 1 aliphatic rings. The molecule has 2 amide bonds. The van der Waals surface area contributed by atoms with Crippen molar-refractivity contribution in [1.82, 2.24) is 4.98 Å². The highest BCUT2D eigenvalue weighted by Crippen LogP contribution is 2.27. The van der Waals surface area contributed by atoms with Gasteiger partial charge in [0.1, 0.15) is 11.4 Å². The first-order valence-electron chi connectivity index (χ1n) is 8.27. The lowest BCUT2D eigenvalue weighted by atomic mass is 10.2. The lowest BCUT2D eigenvalue weighted by Crippen LogP contribution is -2.29. The summed E-state index contributed by atoms with van der Waals surface area (Å²) in [4.78, 5) is 42.2. The standard InChI is InChI=1S/C21H14N2O4/c1-13-4-2-5-16(12-13)27-21(26)14-7-9-15(10-8-14)23-19(24)17-6-3-11-22-18(17)20(23)25/h2-12H,1H3. The average Bonchev–Trinajstić information content (AvgIpc) is 2.93. The Bertz CT molecular complexity index is 1040. The monoisotopic (exact) mass is 358 g/mol. The number of carbonyl (C=O) groups excluding carboxylic acids is 3. The summed E-state index contributed by atoms with van der Waals surface area (Å²) < 4.78 is 5.34. The van der Waals surface area contributed by atoms with Gasteiger partial charge in [-0.2, -0.15) is 0 Å². The molecule has 3 aromatic rings. The van der Waals surface area contributed by atoms with Crippen LogP contribution in [0.2, 0.25) is 0 Å². The molecule has 2 heterocycles. The van der Waals surface area contributed by atoms with Crippen molar-refractivity contribution >= 4 is 23.5 Å². The highest BCUT2D eigenvalue weighted by molar-refractivity contribution is 6.33. The molecule has 132 valence electrons. The van der Waals surface area contributed by atoms with Crippen LogP contribution in [-0.2, 0) is 0 Å². The Labute approximate surface area is 155 Å². The number of ether oxygens (including phenoxy) is 1. The summed E-state index contributed by atoms with van der Waals surface area (Å²) in [7, 11) is 0. The third-order valence-corrected chi connectivity index (χ3v) is 4.21. The van der Waals surface area contributed by atoms with Gasteiger partial charge in [0, 0.05) is 6.20 Å². The number of carbonyl (C=O) groups is 3. The summed E-state index contributed by atoms with van der Waals surface area (Å²) in [6.45, 7) is 1.91. The number of nitrogens with zero attached hydrogens (tertiary/aromatic N) is 2. The lowest BCUT2D eigenvalue weighted by molar-refractivity contribution is 0.0734. The van der Waals surface area contributed by atoms with Crippen LogP contribution in [0.5, 0.6) is 5.75 Å². The Hall–Kier alpha value is -3.80. The Morgan fingerprint density at radius 3 is 2.44 bits per heavy atom. The van der Waals surface area contributed by atoms with Gasteiger partial charge in [-0.3, -0.25) is 14.6 Å². The SMILES string of the molecule is Cc1cccc(OC(=O)c2ccc(N3C(=O)c4cccnc4C3=O)cc2)c1. The molecule has 0 fully saturated rings. The fourth-order valence-corrected chi connectivity index (χ4v) is 2.89. The topological polar surface area (TPSA) is 76.6 Å². The smallest absolute Gasteiger partial charge is 0.343 e. The van der Waals surface area contributed by atoms with Gasteiger partial charge in [0.25, 0.3) is 11.8 Å². The van der Waals surface area contributed by atoms with Crippen LogP contribution in [0.25, 0.3) is 0 Å². The fraction of sp³-hybridized carbons (Fsp3) is 0.0476. The van der Waals surface area contributed by atoms with Crippen LogP contribution in [0.4, 0.5) is 5.69 Å².